The van der Waals surface area contributed by atoms with Crippen LogP contribution in [0.3, 0.4) is 0 Å². The first-order valence-electron chi connectivity index (χ1n) is 8.91. The summed E-state index contributed by atoms with van der Waals surface area (Å²) in [7, 11) is 0. The van der Waals surface area contributed by atoms with Crippen molar-refractivity contribution in [3.05, 3.63) is 65.7 Å². The molecule has 5 nitrogen and oxygen atoms in total. The van der Waals surface area contributed by atoms with Gasteiger partial charge in [-0.25, -0.2) is 4.39 Å². The van der Waals surface area contributed by atoms with Gasteiger partial charge in [0, 0.05) is 6.54 Å². The van der Waals surface area contributed by atoms with Gasteiger partial charge in [-0.3, -0.25) is 14.5 Å². The molecule has 0 saturated heterocycles. The third-order valence-corrected chi connectivity index (χ3v) is 4.15. The van der Waals surface area contributed by atoms with Gasteiger partial charge < -0.3 is 10.1 Å². The molecule has 2 amide bonds. The van der Waals surface area contributed by atoms with Gasteiger partial charge in [0.15, 0.2) is 11.5 Å². The van der Waals surface area contributed by atoms with Crippen molar-refractivity contribution in [3.63, 3.8) is 0 Å². The Bertz CT molecular complexity index is 862. The Labute approximate surface area is 157 Å². The van der Waals surface area contributed by atoms with Gasteiger partial charge in [-0.15, -0.1) is 0 Å². The molecule has 1 N–H and O–H groups in total. The lowest BCUT2D eigenvalue weighted by molar-refractivity contribution is -0.123. The number of nitrogens with one attached hydrogen (secondary N) is 1. The number of anilines is 1. The number of hydrogen-bond donors (Lipinski definition) is 1. The van der Waals surface area contributed by atoms with Crippen molar-refractivity contribution in [3.8, 4) is 5.75 Å². The van der Waals surface area contributed by atoms with E-state index in [9.17, 15) is 14.0 Å². The van der Waals surface area contributed by atoms with Crippen LogP contribution in [0.25, 0.3) is 6.08 Å². The largest absolute Gasteiger partial charge is 0.449 e. The van der Waals surface area contributed by atoms with E-state index in [1.54, 1.807) is 42.5 Å². The summed E-state index contributed by atoms with van der Waals surface area (Å²) in [6.07, 6.45) is 3.40. The number of nitrogens with zero attached hydrogens (tertiary/aromatic N) is 1. The number of carbonyl (C=O) groups excluding carboxylic acids is 2. The topological polar surface area (TPSA) is 58.6 Å². The summed E-state index contributed by atoms with van der Waals surface area (Å²) in [5, 5.41) is 2.82. The predicted molar refractivity (Wildman–Crippen MR) is 102 cm³/mol. The van der Waals surface area contributed by atoms with E-state index in [0.717, 1.165) is 12.8 Å². The molecule has 0 aliphatic carbocycles. The molecule has 2 aromatic carbocycles. The Morgan fingerprint density at radius 2 is 1.93 bits per heavy atom. The van der Waals surface area contributed by atoms with E-state index in [4.69, 9.17) is 4.74 Å². The summed E-state index contributed by atoms with van der Waals surface area (Å²) in [5.74, 6) is -0.421. The predicted octanol–water partition coefficient (Wildman–Crippen LogP) is 3.51. The summed E-state index contributed by atoms with van der Waals surface area (Å²) in [4.78, 5) is 26.5. The van der Waals surface area contributed by atoms with Crippen molar-refractivity contribution in [2.75, 3.05) is 18.0 Å². The standard InChI is InChI=1S/C21H21FN2O3/c1-2-3-12-23-20(25)14-24-17-6-4-5-7-18(17)27-19(21(24)26)13-15-8-10-16(22)11-9-15/h4-11,13H,2-3,12,14H2,1H3,(H,23,25)/b19-13+. The Hall–Kier alpha value is -3.15. The zero-order valence-corrected chi connectivity index (χ0v) is 15.1. The molecule has 0 saturated carbocycles. The van der Waals surface area contributed by atoms with Gasteiger partial charge in [0.25, 0.3) is 5.91 Å². The average molecular weight is 368 g/mol. The van der Waals surface area contributed by atoms with E-state index in [-0.39, 0.29) is 24.0 Å². The fourth-order valence-electron chi connectivity index (χ4n) is 2.73. The number of amides is 2. The summed E-state index contributed by atoms with van der Waals surface area (Å²) in [6, 6.07) is 12.8. The molecule has 0 aromatic heterocycles. The van der Waals surface area contributed by atoms with Crippen molar-refractivity contribution in [2.45, 2.75) is 19.8 Å². The Morgan fingerprint density at radius 3 is 2.67 bits per heavy atom. The van der Waals surface area contributed by atoms with E-state index in [1.807, 2.05) is 6.92 Å². The van der Waals surface area contributed by atoms with Crippen molar-refractivity contribution in [1.29, 1.82) is 0 Å². The molecule has 1 heterocycles. The summed E-state index contributed by atoms with van der Waals surface area (Å²) in [6.45, 7) is 2.53. The average Bonchev–Trinajstić information content (AvgIpc) is 2.67. The lowest BCUT2D eigenvalue weighted by Crippen LogP contribution is -2.44. The number of ether oxygens (including phenoxy) is 1. The van der Waals surface area contributed by atoms with Gasteiger partial charge in [-0.1, -0.05) is 37.6 Å². The molecule has 27 heavy (non-hydrogen) atoms. The van der Waals surface area contributed by atoms with E-state index in [1.165, 1.54) is 17.0 Å². The van der Waals surface area contributed by atoms with Crippen LogP contribution < -0.4 is 15.0 Å². The molecule has 6 heteroatoms. The number of halogens is 1. The molecule has 1 aliphatic rings. The van der Waals surface area contributed by atoms with Gasteiger partial charge in [0.05, 0.1) is 5.69 Å². The summed E-state index contributed by atoms with van der Waals surface area (Å²) < 4.78 is 18.8. The Morgan fingerprint density at radius 1 is 1.19 bits per heavy atom. The Kier molecular flexibility index (Phi) is 5.86. The van der Waals surface area contributed by atoms with Crippen molar-refractivity contribution < 1.29 is 18.7 Å². The maximum absolute atomic E-state index is 13.1. The smallest absolute Gasteiger partial charge is 0.294 e. The number of fused-ring (bicyclic) bond motifs is 1. The third kappa shape index (κ3) is 4.53. The molecule has 0 bridgehead atoms. The highest BCUT2D eigenvalue weighted by molar-refractivity contribution is 6.12. The normalized spacial score (nSPS) is 14.7. The molecule has 0 spiro atoms. The van der Waals surface area contributed by atoms with E-state index in [0.29, 0.717) is 23.5 Å². The monoisotopic (exact) mass is 368 g/mol. The van der Waals surface area contributed by atoms with Crippen LogP contribution in [0, 0.1) is 5.82 Å². The number of hydrogen-bond acceptors (Lipinski definition) is 3. The molecule has 0 fully saturated rings. The minimum absolute atomic E-state index is 0.0849. The van der Waals surface area contributed by atoms with Crippen LogP contribution >= 0.6 is 0 Å². The van der Waals surface area contributed by atoms with Gasteiger partial charge in [-0.05, 0) is 42.3 Å². The molecule has 2 aromatic rings. The highest BCUT2D eigenvalue weighted by Crippen LogP contribution is 2.35. The Balaban J connectivity index is 1.86. The fourth-order valence-corrected chi connectivity index (χ4v) is 2.73. The van der Waals surface area contributed by atoms with Crippen LogP contribution in [0.1, 0.15) is 25.3 Å². The van der Waals surface area contributed by atoms with E-state index < -0.39 is 5.91 Å². The van der Waals surface area contributed by atoms with Crippen molar-refractivity contribution in [2.24, 2.45) is 0 Å². The lowest BCUT2D eigenvalue weighted by Gasteiger charge is -2.30. The number of para-hydroxylation sites is 2. The maximum atomic E-state index is 13.1. The van der Waals surface area contributed by atoms with Crippen LogP contribution in [-0.4, -0.2) is 24.9 Å². The number of carbonyl (C=O) groups is 2. The van der Waals surface area contributed by atoms with Crippen LogP contribution in [0.15, 0.2) is 54.3 Å². The molecule has 3 rings (SSSR count). The minimum atomic E-state index is -0.413. The van der Waals surface area contributed by atoms with Crippen molar-refractivity contribution >= 4 is 23.6 Å². The van der Waals surface area contributed by atoms with Gasteiger partial charge in [0.2, 0.25) is 5.91 Å². The van der Waals surface area contributed by atoms with Crippen LogP contribution in [-0.2, 0) is 9.59 Å². The lowest BCUT2D eigenvalue weighted by atomic mass is 10.1. The van der Waals surface area contributed by atoms with Gasteiger partial charge >= 0.3 is 0 Å². The zero-order valence-electron chi connectivity index (χ0n) is 15.1. The van der Waals surface area contributed by atoms with E-state index in [2.05, 4.69) is 5.32 Å². The van der Waals surface area contributed by atoms with Crippen LogP contribution in [0.5, 0.6) is 5.75 Å². The van der Waals surface area contributed by atoms with Crippen LogP contribution in [0.2, 0.25) is 0 Å². The summed E-state index contributed by atoms with van der Waals surface area (Å²) >= 11 is 0. The fraction of sp³-hybridized carbons (Fsp3) is 0.238. The SMILES string of the molecule is CCCCNC(=O)CN1C(=O)/C(=C\c2ccc(F)cc2)Oc2ccccc21. The quantitative estimate of drug-likeness (QED) is 0.627. The first-order chi connectivity index (χ1) is 13.1. The molecule has 0 unspecified atom stereocenters. The summed E-state index contributed by atoms with van der Waals surface area (Å²) in [5.41, 5.74) is 1.18. The second-order valence-electron chi connectivity index (χ2n) is 6.22. The highest BCUT2D eigenvalue weighted by Gasteiger charge is 2.31. The number of rotatable bonds is 6. The second kappa shape index (κ2) is 8.49. The van der Waals surface area contributed by atoms with Crippen LogP contribution in [0.4, 0.5) is 10.1 Å². The maximum Gasteiger partial charge on any atom is 0.294 e. The first kappa shape index (κ1) is 18.6. The van der Waals surface area contributed by atoms with Gasteiger partial charge in [0.1, 0.15) is 12.4 Å². The highest BCUT2D eigenvalue weighted by atomic mass is 19.1. The van der Waals surface area contributed by atoms with Crippen molar-refractivity contribution in [1.82, 2.24) is 5.32 Å². The molecule has 140 valence electrons. The molecule has 1 aliphatic heterocycles. The molecule has 0 atom stereocenters. The minimum Gasteiger partial charge on any atom is -0.449 e. The van der Waals surface area contributed by atoms with E-state index >= 15 is 0 Å². The molecular formula is C21H21FN2O3. The number of unbranched alkanes of at least 4 members (excludes halogenated alkanes) is 1. The second-order valence-corrected chi connectivity index (χ2v) is 6.22. The van der Waals surface area contributed by atoms with Gasteiger partial charge in [-0.2, -0.15) is 0 Å². The molecular weight excluding hydrogens is 347 g/mol. The zero-order chi connectivity index (χ0) is 19.2. The molecule has 0 radical (unpaired) electrons. The third-order valence-electron chi connectivity index (χ3n) is 4.15. The first-order valence-corrected chi connectivity index (χ1v) is 8.91. The number of benzene rings is 2.